The van der Waals surface area contributed by atoms with Gasteiger partial charge in [-0.2, -0.15) is 5.10 Å². The molecule has 0 spiro atoms. The second-order valence-corrected chi connectivity index (χ2v) is 7.86. The van der Waals surface area contributed by atoms with Crippen molar-refractivity contribution < 1.29 is 17.9 Å². The van der Waals surface area contributed by atoms with Crippen LogP contribution in [0.1, 0.15) is 31.6 Å². The molecule has 124 valence electrons. The fourth-order valence-corrected chi connectivity index (χ4v) is 4.20. The molecule has 1 N–H and O–H groups in total. The lowest BCUT2D eigenvalue weighted by Crippen LogP contribution is -2.48. The van der Waals surface area contributed by atoms with Crippen LogP contribution >= 0.6 is 0 Å². The molecule has 0 unspecified atom stereocenters. The second kappa shape index (κ2) is 6.66. The Morgan fingerprint density at radius 2 is 2.27 bits per heavy atom. The maximum atomic E-state index is 12.1. The topological polar surface area (TPSA) is 82.5 Å². The summed E-state index contributed by atoms with van der Waals surface area (Å²) in [5.74, 6) is 0.131. The molecule has 2 aliphatic heterocycles. The van der Waals surface area contributed by atoms with Gasteiger partial charge in [0.1, 0.15) is 11.4 Å². The van der Waals surface area contributed by atoms with E-state index in [2.05, 4.69) is 9.82 Å². The average molecular weight is 329 g/mol. The van der Waals surface area contributed by atoms with E-state index in [1.165, 1.54) is 0 Å². The van der Waals surface area contributed by atoms with Crippen molar-refractivity contribution in [1.82, 2.24) is 14.5 Å². The summed E-state index contributed by atoms with van der Waals surface area (Å²) in [7, 11) is -3.28. The first-order chi connectivity index (χ1) is 10.6. The van der Waals surface area contributed by atoms with Crippen LogP contribution in [-0.2, 0) is 26.0 Å². The highest BCUT2D eigenvalue weighted by Crippen LogP contribution is 2.33. The number of aromatic nitrogens is 2. The highest BCUT2D eigenvalue weighted by Gasteiger charge is 2.35. The predicted molar refractivity (Wildman–Crippen MR) is 80.8 cm³/mol. The van der Waals surface area contributed by atoms with Gasteiger partial charge < -0.3 is 9.47 Å². The fourth-order valence-electron chi connectivity index (χ4n) is 2.96. The summed E-state index contributed by atoms with van der Waals surface area (Å²) in [4.78, 5) is 0. The molecule has 2 saturated heterocycles. The van der Waals surface area contributed by atoms with Gasteiger partial charge in [0.2, 0.25) is 10.0 Å². The molecule has 0 bridgehead atoms. The van der Waals surface area contributed by atoms with Crippen molar-refractivity contribution in [2.45, 2.75) is 37.7 Å². The van der Waals surface area contributed by atoms with Crippen LogP contribution in [0, 0.1) is 5.92 Å². The number of nitrogens with one attached hydrogen (secondary N) is 1. The van der Waals surface area contributed by atoms with E-state index in [9.17, 15) is 8.42 Å². The molecule has 0 saturated carbocycles. The van der Waals surface area contributed by atoms with E-state index in [1.807, 2.05) is 17.7 Å². The first-order valence-electron chi connectivity index (χ1n) is 7.81. The molecule has 2 fully saturated rings. The maximum absolute atomic E-state index is 12.1. The third kappa shape index (κ3) is 3.19. The van der Waals surface area contributed by atoms with Crippen LogP contribution in [0.2, 0.25) is 0 Å². The van der Waals surface area contributed by atoms with Crippen molar-refractivity contribution in [3.8, 4) is 0 Å². The minimum Gasteiger partial charge on any atom is -0.378 e. The van der Waals surface area contributed by atoms with Crippen LogP contribution in [0.5, 0.6) is 0 Å². The lowest BCUT2D eigenvalue weighted by molar-refractivity contribution is -0.0313. The summed E-state index contributed by atoms with van der Waals surface area (Å²) in [6.45, 7) is 4.51. The molecule has 1 aromatic heterocycles. The van der Waals surface area contributed by atoms with Gasteiger partial charge in [0.05, 0.1) is 18.9 Å². The maximum Gasteiger partial charge on any atom is 0.219 e. The van der Waals surface area contributed by atoms with E-state index in [0.717, 1.165) is 25.1 Å². The van der Waals surface area contributed by atoms with Gasteiger partial charge in [0.15, 0.2) is 0 Å². The van der Waals surface area contributed by atoms with Crippen LogP contribution in [0.3, 0.4) is 0 Å². The lowest BCUT2D eigenvalue weighted by atomic mass is 9.92. The average Bonchev–Trinajstić information content (AvgIpc) is 2.91. The summed E-state index contributed by atoms with van der Waals surface area (Å²) in [5, 5.41) is 3.88. The van der Waals surface area contributed by atoms with Crippen molar-refractivity contribution in [2.75, 3.05) is 26.4 Å². The number of hydrogen-bond donors (Lipinski definition) is 1. The predicted octanol–water partition coefficient (Wildman–Crippen LogP) is 0.689. The van der Waals surface area contributed by atoms with Crippen LogP contribution in [0.25, 0.3) is 0 Å². The first-order valence-corrected chi connectivity index (χ1v) is 9.36. The molecular formula is C14H23N3O4S. The minimum absolute atomic E-state index is 0.100. The van der Waals surface area contributed by atoms with E-state index >= 15 is 0 Å². The van der Waals surface area contributed by atoms with Gasteiger partial charge in [0, 0.05) is 31.8 Å². The standard InChI is InChI=1S/C14H23N3O4S/c1-2-17-13(5-6-15-17)14-11(4-3-7-21-14)8-16-22(18,19)12-9-20-10-12/h5-6,11-12,14,16H,2-4,7-10H2,1H3/t11-,14+/m0/s1. The molecule has 7 nitrogen and oxygen atoms in total. The minimum atomic E-state index is -3.28. The third-order valence-corrected chi connectivity index (χ3v) is 6.10. The Hall–Kier alpha value is -0.960. The molecule has 1 aromatic rings. The summed E-state index contributed by atoms with van der Waals surface area (Å²) >= 11 is 0. The van der Waals surface area contributed by atoms with Crippen LogP contribution in [-0.4, -0.2) is 49.8 Å². The Morgan fingerprint density at radius 1 is 1.45 bits per heavy atom. The normalized spacial score (nSPS) is 26.8. The van der Waals surface area contributed by atoms with Crippen LogP contribution in [0.15, 0.2) is 12.3 Å². The van der Waals surface area contributed by atoms with Crippen LogP contribution < -0.4 is 4.72 Å². The Kier molecular flexibility index (Phi) is 4.82. The third-order valence-electron chi connectivity index (χ3n) is 4.38. The highest BCUT2D eigenvalue weighted by molar-refractivity contribution is 7.90. The Bertz CT molecular complexity index is 597. The zero-order chi connectivity index (χ0) is 15.6. The first kappa shape index (κ1) is 15.9. The summed E-state index contributed by atoms with van der Waals surface area (Å²) in [6.07, 6.45) is 3.57. The monoisotopic (exact) mass is 329 g/mol. The Morgan fingerprint density at radius 3 is 2.95 bits per heavy atom. The Labute approximate surface area is 131 Å². The molecule has 22 heavy (non-hydrogen) atoms. The number of sulfonamides is 1. The van der Waals surface area contributed by atoms with E-state index in [1.54, 1.807) is 6.20 Å². The molecule has 0 radical (unpaired) electrons. The van der Waals surface area contributed by atoms with Crippen molar-refractivity contribution in [3.05, 3.63) is 18.0 Å². The zero-order valence-corrected chi connectivity index (χ0v) is 13.6. The molecule has 8 heteroatoms. The van der Waals surface area contributed by atoms with Gasteiger partial charge >= 0.3 is 0 Å². The van der Waals surface area contributed by atoms with Gasteiger partial charge in [-0.25, -0.2) is 13.1 Å². The molecule has 2 atom stereocenters. The van der Waals surface area contributed by atoms with Crippen molar-refractivity contribution in [3.63, 3.8) is 0 Å². The quantitative estimate of drug-likeness (QED) is 0.830. The fraction of sp³-hybridized carbons (Fsp3) is 0.786. The summed E-state index contributed by atoms with van der Waals surface area (Å²) in [5.41, 5.74) is 1.03. The molecule has 2 aliphatic rings. The van der Waals surface area contributed by atoms with Gasteiger partial charge in [0.25, 0.3) is 0 Å². The van der Waals surface area contributed by atoms with Crippen molar-refractivity contribution >= 4 is 10.0 Å². The number of nitrogens with zero attached hydrogens (tertiary/aromatic N) is 2. The molecular weight excluding hydrogens is 306 g/mol. The lowest BCUT2D eigenvalue weighted by Gasteiger charge is -2.33. The van der Waals surface area contributed by atoms with E-state index in [0.29, 0.717) is 26.4 Å². The van der Waals surface area contributed by atoms with Gasteiger partial charge in [-0.3, -0.25) is 4.68 Å². The number of rotatable bonds is 6. The number of ether oxygens (including phenoxy) is 2. The Balaban J connectivity index is 1.68. The molecule has 0 aliphatic carbocycles. The second-order valence-electron chi connectivity index (χ2n) is 5.82. The number of aryl methyl sites for hydroxylation is 1. The largest absolute Gasteiger partial charge is 0.378 e. The van der Waals surface area contributed by atoms with Gasteiger partial charge in [-0.1, -0.05) is 0 Å². The molecule has 3 rings (SSSR count). The SMILES string of the molecule is CCn1nccc1[C@@H]1OCCC[C@H]1CNS(=O)(=O)C1COC1. The van der Waals surface area contributed by atoms with Crippen molar-refractivity contribution in [2.24, 2.45) is 5.92 Å². The van der Waals surface area contributed by atoms with Crippen LogP contribution in [0.4, 0.5) is 0 Å². The summed E-state index contributed by atoms with van der Waals surface area (Å²) in [6, 6.07) is 1.96. The smallest absolute Gasteiger partial charge is 0.219 e. The highest BCUT2D eigenvalue weighted by atomic mass is 32.2. The zero-order valence-electron chi connectivity index (χ0n) is 12.8. The molecule has 0 aromatic carbocycles. The summed E-state index contributed by atoms with van der Waals surface area (Å²) < 4.78 is 39.8. The number of hydrogen-bond acceptors (Lipinski definition) is 5. The van der Waals surface area contributed by atoms with E-state index in [-0.39, 0.29) is 12.0 Å². The van der Waals surface area contributed by atoms with E-state index < -0.39 is 15.3 Å². The molecule has 0 amide bonds. The van der Waals surface area contributed by atoms with E-state index in [4.69, 9.17) is 9.47 Å². The van der Waals surface area contributed by atoms with Gasteiger partial charge in [-0.05, 0) is 25.8 Å². The van der Waals surface area contributed by atoms with Gasteiger partial charge in [-0.15, -0.1) is 0 Å². The van der Waals surface area contributed by atoms with Crippen molar-refractivity contribution in [1.29, 1.82) is 0 Å². The molecule has 3 heterocycles.